The molecule has 0 bridgehead atoms. The van der Waals surface area contributed by atoms with E-state index in [1.165, 1.54) is 4.68 Å². The summed E-state index contributed by atoms with van der Waals surface area (Å²) in [5.41, 5.74) is 1.15. The number of aromatic nitrogens is 2. The molecule has 158 valence electrons. The number of halogens is 3. The van der Waals surface area contributed by atoms with Crippen LogP contribution in [0.2, 0.25) is 0 Å². The molecule has 0 saturated heterocycles. The maximum atomic E-state index is 13.2. The molecule has 3 rings (SSSR count). The lowest BCUT2D eigenvalue weighted by atomic mass is 10.1. The molecule has 3 aromatic rings. The molecule has 1 atom stereocenters. The molecule has 6 nitrogen and oxygen atoms in total. The van der Waals surface area contributed by atoms with E-state index < -0.39 is 0 Å². The molecule has 1 heterocycles. The predicted octanol–water partition coefficient (Wildman–Crippen LogP) is 6.10. The van der Waals surface area contributed by atoms with Crippen LogP contribution in [0.15, 0.2) is 47.6 Å². The molecule has 0 unspecified atom stereocenters. The van der Waals surface area contributed by atoms with Gasteiger partial charge in [-0.15, -0.1) is 0 Å². The fourth-order valence-electron chi connectivity index (χ4n) is 2.94. The highest BCUT2D eigenvalue weighted by Gasteiger charge is 2.18. The zero-order valence-electron chi connectivity index (χ0n) is 16.9. The number of hydrogen-bond donors (Lipinski definition) is 0. The Morgan fingerprint density at radius 2 is 1.90 bits per heavy atom. The Balaban J connectivity index is 2.22. The molecule has 2 aromatic carbocycles. The molecule has 0 spiro atoms. The van der Waals surface area contributed by atoms with Crippen molar-refractivity contribution in [2.45, 2.75) is 26.2 Å². The second kappa shape index (κ2) is 9.62. The van der Waals surface area contributed by atoms with Gasteiger partial charge in [-0.25, -0.2) is 4.98 Å². The van der Waals surface area contributed by atoms with Crippen molar-refractivity contribution in [2.24, 2.45) is 5.10 Å². The minimum absolute atomic E-state index is 0.0588. The highest BCUT2D eigenvalue weighted by molar-refractivity contribution is 9.13. The minimum Gasteiger partial charge on any atom is -0.493 e. The molecule has 9 heteroatoms. The monoisotopic (exact) mass is 599 g/mol. The van der Waals surface area contributed by atoms with E-state index in [-0.39, 0.29) is 11.5 Å². The van der Waals surface area contributed by atoms with Gasteiger partial charge in [0.2, 0.25) is 0 Å². The largest absolute Gasteiger partial charge is 0.493 e. The molecular weight excluding hydrogens is 582 g/mol. The average Bonchev–Trinajstić information content (AvgIpc) is 2.75. The van der Waals surface area contributed by atoms with Gasteiger partial charge in [0, 0.05) is 20.4 Å². The number of nitrogens with zero attached hydrogens (tertiary/aromatic N) is 3. The van der Waals surface area contributed by atoms with Crippen molar-refractivity contribution in [2.75, 3.05) is 14.2 Å². The third-order valence-corrected chi connectivity index (χ3v) is 7.42. The Bertz CT molecular complexity index is 1190. The topological polar surface area (TPSA) is 65.7 Å². The van der Waals surface area contributed by atoms with Gasteiger partial charge < -0.3 is 9.47 Å². The first-order valence-electron chi connectivity index (χ1n) is 9.18. The van der Waals surface area contributed by atoms with Crippen LogP contribution < -0.4 is 15.0 Å². The Hall–Kier alpha value is -1.71. The van der Waals surface area contributed by atoms with Crippen molar-refractivity contribution in [1.29, 1.82) is 0 Å². The van der Waals surface area contributed by atoms with Gasteiger partial charge in [0.05, 0.1) is 35.8 Å². The maximum absolute atomic E-state index is 13.2. The summed E-state index contributed by atoms with van der Waals surface area (Å²) in [5, 5.41) is 5.01. The summed E-state index contributed by atoms with van der Waals surface area (Å²) < 4.78 is 14.4. The van der Waals surface area contributed by atoms with Crippen molar-refractivity contribution in [1.82, 2.24) is 9.66 Å². The third-order valence-electron chi connectivity index (χ3n) is 4.78. The first-order valence-corrected chi connectivity index (χ1v) is 11.6. The van der Waals surface area contributed by atoms with Crippen LogP contribution in [-0.4, -0.2) is 30.1 Å². The molecule has 0 radical (unpaired) electrons. The number of benzene rings is 2. The number of ether oxygens (including phenoxy) is 2. The van der Waals surface area contributed by atoms with Crippen LogP contribution >= 0.6 is 47.8 Å². The summed E-state index contributed by atoms with van der Waals surface area (Å²) in [6.45, 7) is 4.08. The summed E-state index contributed by atoms with van der Waals surface area (Å²) in [6, 6.07) is 7.26. The highest BCUT2D eigenvalue weighted by atomic mass is 79.9. The van der Waals surface area contributed by atoms with Gasteiger partial charge in [-0.1, -0.05) is 29.8 Å². The molecule has 1 aromatic heterocycles. The molecule has 30 heavy (non-hydrogen) atoms. The van der Waals surface area contributed by atoms with Crippen molar-refractivity contribution < 1.29 is 9.47 Å². The number of fused-ring (bicyclic) bond motifs is 1. The van der Waals surface area contributed by atoms with Crippen LogP contribution in [0.1, 0.15) is 37.6 Å². The van der Waals surface area contributed by atoms with Crippen molar-refractivity contribution in [3.8, 4) is 11.5 Å². The summed E-state index contributed by atoms with van der Waals surface area (Å²) in [7, 11) is 3.13. The van der Waals surface area contributed by atoms with Gasteiger partial charge in [-0.2, -0.15) is 9.78 Å². The lowest BCUT2D eigenvalue weighted by Gasteiger charge is -2.15. The summed E-state index contributed by atoms with van der Waals surface area (Å²) in [5.74, 6) is 1.79. The second-order valence-corrected chi connectivity index (χ2v) is 9.13. The van der Waals surface area contributed by atoms with Crippen LogP contribution in [0.4, 0.5) is 0 Å². The number of methoxy groups -OCH3 is 2. The van der Waals surface area contributed by atoms with Crippen molar-refractivity contribution in [3.05, 3.63) is 59.4 Å². The van der Waals surface area contributed by atoms with Crippen LogP contribution in [-0.2, 0) is 0 Å². The number of rotatable bonds is 6. The third kappa shape index (κ3) is 4.33. The SMILES string of the molecule is CC[C@H](C)c1nc2ccc(Br)cc2c(=O)n1N=Cc1cc(OC)c(OC)c(Br)c1Br. The minimum atomic E-state index is -0.219. The van der Waals surface area contributed by atoms with Gasteiger partial charge >= 0.3 is 0 Å². The Morgan fingerprint density at radius 1 is 1.17 bits per heavy atom. The Labute approximate surface area is 199 Å². The fraction of sp³-hybridized carbons (Fsp3) is 0.286. The van der Waals surface area contributed by atoms with E-state index in [0.29, 0.717) is 32.7 Å². The maximum Gasteiger partial charge on any atom is 0.282 e. The average molecular weight is 602 g/mol. The zero-order valence-corrected chi connectivity index (χ0v) is 21.6. The van der Waals surface area contributed by atoms with Gasteiger partial charge in [-0.05, 0) is 62.5 Å². The van der Waals surface area contributed by atoms with E-state index in [4.69, 9.17) is 14.5 Å². The summed E-state index contributed by atoms with van der Waals surface area (Å²) in [6.07, 6.45) is 2.44. The molecular formula is C21H20Br3N3O3. The molecule has 0 saturated carbocycles. The quantitative estimate of drug-likeness (QED) is 0.321. The molecule has 0 fully saturated rings. The highest BCUT2D eigenvalue weighted by Crippen LogP contribution is 2.42. The second-order valence-electron chi connectivity index (χ2n) is 6.63. The van der Waals surface area contributed by atoms with Crippen LogP contribution in [0.3, 0.4) is 0 Å². The fourth-order valence-corrected chi connectivity index (χ4v) is 4.28. The Morgan fingerprint density at radius 3 is 2.53 bits per heavy atom. The molecule has 0 aliphatic carbocycles. The normalized spacial score (nSPS) is 12.5. The first-order chi connectivity index (χ1) is 14.3. The lowest BCUT2D eigenvalue weighted by Crippen LogP contribution is -2.23. The zero-order chi connectivity index (χ0) is 22.0. The summed E-state index contributed by atoms with van der Waals surface area (Å²) in [4.78, 5) is 18.0. The molecule has 0 aliphatic rings. The van der Waals surface area contributed by atoms with E-state index >= 15 is 0 Å². The predicted molar refractivity (Wildman–Crippen MR) is 130 cm³/mol. The first kappa shape index (κ1) is 23.0. The number of hydrogen-bond acceptors (Lipinski definition) is 5. The molecule has 0 amide bonds. The standard InChI is InChI=1S/C21H20Br3N3O3/c1-5-11(2)20-26-15-7-6-13(22)9-14(15)21(28)27(20)25-10-12-8-16(29-3)19(30-4)18(24)17(12)23/h6-11H,5H2,1-4H3/t11-/m0/s1. The van der Waals surface area contributed by atoms with Gasteiger partial charge in [0.1, 0.15) is 5.82 Å². The lowest BCUT2D eigenvalue weighted by molar-refractivity contribution is 0.353. The van der Waals surface area contributed by atoms with E-state index in [1.54, 1.807) is 32.6 Å². The molecule has 0 N–H and O–H groups in total. The van der Waals surface area contributed by atoms with Crippen molar-refractivity contribution in [3.63, 3.8) is 0 Å². The van der Waals surface area contributed by atoms with Crippen LogP contribution in [0, 0.1) is 0 Å². The van der Waals surface area contributed by atoms with E-state index in [9.17, 15) is 4.79 Å². The summed E-state index contributed by atoms with van der Waals surface area (Å²) >= 11 is 10.5. The van der Waals surface area contributed by atoms with Crippen molar-refractivity contribution >= 4 is 64.9 Å². The van der Waals surface area contributed by atoms with E-state index in [0.717, 1.165) is 20.9 Å². The van der Waals surface area contributed by atoms with E-state index in [2.05, 4.69) is 59.8 Å². The van der Waals surface area contributed by atoms with E-state index in [1.807, 2.05) is 19.1 Å². The van der Waals surface area contributed by atoms with Crippen LogP contribution in [0.25, 0.3) is 10.9 Å². The molecule has 0 aliphatic heterocycles. The van der Waals surface area contributed by atoms with Gasteiger partial charge in [0.15, 0.2) is 11.5 Å². The van der Waals surface area contributed by atoms with Gasteiger partial charge in [-0.3, -0.25) is 4.79 Å². The van der Waals surface area contributed by atoms with Crippen LogP contribution in [0.5, 0.6) is 11.5 Å². The van der Waals surface area contributed by atoms with Gasteiger partial charge in [0.25, 0.3) is 5.56 Å². The Kier molecular flexibility index (Phi) is 7.36. The smallest absolute Gasteiger partial charge is 0.282 e.